The van der Waals surface area contributed by atoms with Crippen LogP contribution in [0.25, 0.3) is 0 Å². The lowest BCUT2D eigenvalue weighted by Gasteiger charge is -2.25. The van der Waals surface area contributed by atoms with E-state index in [0.717, 1.165) is 16.9 Å². The molecule has 0 aliphatic heterocycles. The Hall–Kier alpha value is -3.88. The lowest BCUT2D eigenvalue weighted by Crippen LogP contribution is -2.50. The number of aliphatic hydroxyl groups excluding tert-OH is 1. The van der Waals surface area contributed by atoms with Gasteiger partial charge < -0.3 is 30.5 Å². The van der Waals surface area contributed by atoms with Gasteiger partial charge in [-0.05, 0) is 41.8 Å². The van der Waals surface area contributed by atoms with Crippen LogP contribution in [0.4, 0.5) is 10.5 Å². The highest BCUT2D eigenvalue weighted by Gasteiger charge is 2.23. The maximum absolute atomic E-state index is 12.8. The van der Waals surface area contributed by atoms with Crippen molar-refractivity contribution in [2.24, 2.45) is 0 Å². The van der Waals surface area contributed by atoms with Crippen LogP contribution in [0.3, 0.4) is 0 Å². The van der Waals surface area contributed by atoms with Crippen molar-refractivity contribution < 1.29 is 24.2 Å². The Kier molecular flexibility index (Phi) is 9.65. The van der Waals surface area contributed by atoms with Gasteiger partial charge >= 0.3 is 12.0 Å². The molecule has 8 nitrogen and oxygen atoms in total. The van der Waals surface area contributed by atoms with Crippen LogP contribution < -0.4 is 20.7 Å². The summed E-state index contributed by atoms with van der Waals surface area (Å²) < 4.78 is 10.0. The van der Waals surface area contributed by atoms with Crippen molar-refractivity contribution in [2.45, 2.75) is 25.1 Å². The van der Waals surface area contributed by atoms with E-state index in [1.165, 1.54) is 7.11 Å². The summed E-state index contributed by atoms with van der Waals surface area (Å²) in [6.07, 6.45) is -0.447. The maximum Gasteiger partial charge on any atom is 0.339 e. The van der Waals surface area contributed by atoms with Crippen molar-refractivity contribution >= 4 is 17.7 Å². The van der Waals surface area contributed by atoms with Crippen LogP contribution in [-0.2, 0) is 17.7 Å². The third-order valence-electron chi connectivity index (χ3n) is 5.48. The van der Waals surface area contributed by atoms with Crippen LogP contribution in [0.2, 0.25) is 0 Å². The molecule has 0 heterocycles. The number of anilines is 1. The molecule has 0 unspecified atom stereocenters. The van der Waals surface area contributed by atoms with E-state index in [1.54, 1.807) is 31.4 Å². The van der Waals surface area contributed by atoms with Gasteiger partial charge in [-0.3, -0.25) is 0 Å². The Morgan fingerprint density at radius 3 is 2.37 bits per heavy atom. The summed E-state index contributed by atoms with van der Waals surface area (Å²) in [6.45, 7) is 0.790. The van der Waals surface area contributed by atoms with Gasteiger partial charge in [0.05, 0.1) is 37.6 Å². The quantitative estimate of drug-likeness (QED) is 0.316. The first kappa shape index (κ1) is 25.7. The molecule has 0 bridgehead atoms. The fraction of sp³-hybridized carbons (Fsp3) is 0.259. The molecule has 35 heavy (non-hydrogen) atoms. The van der Waals surface area contributed by atoms with Crippen LogP contribution in [0.1, 0.15) is 21.5 Å². The van der Waals surface area contributed by atoms with Crippen LogP contribution in [-0.4, -0.2) is 50.0 Å². The second-order valence-electron chi connectivity index (χ2n) is 7.98. The van der Waals surface area contributed by atoms with E-state index in [0.29, 0.717) is 18.7 Å². The van der Waals surface area contributed by atoms with E-state index in [2.05, 4.69) is 16.0 Å². The topological polar surface area (TPSA) is 109 Å². The minimum absolute atomic E-state index is 0.241. The number of nitrogens with one attached hydrogen (secondary N) is 3. The Balaban J connectivity index is 1.66. The van der Waals surface area contributed by atoms with Crippen LogP contribution in [0.15, 0.2) is 78.9 Å². The molecule has 3 rings (SSSR count). The number of carbonyl (C=O) groups excluding carboxylic acids is 2. The monoisotopic (exact) mass is 477 g/mol. The zero-order valence-electron chi connectivity index (χ0n) is 19.9. The molecule has 4 N–H and O–H groups in total. The Labute approximate surface area is 205 Å². The lowest BCUT2D eigenvalue weighted by molar-refractivity contribution is 0.0602. The van der Waals surface area contributed by atoms with Crippen molar-refractivity contribution in [1.29, 1.82) is 0 Å². The number of methoxy groups -OCH3 is 2. The number of benzene rings is 3. The van der Waals surface area contributed by atoms with Gasteiger partial charge in [0.2, 0.25) is 0 Å². The van der Waals surface area contributed by atoms with E-state index >= 15 is 0 Å². The molecule has 0 spiro atoms. The largest absolute Gasteiger partial charge is 0.497 e. The van der Waals surface area contributed by atoms with Crippen molar-refractivity contribution in [1.82, 2.24) is 10.6 Å². The van der Waals surface area contributed by atoms with Gasteiger partial charge in [0.25, 0.3) is 0 Å². The number of urea groups is 1. The fourth-order valence-corrected chi connectivity index (χ4v) is 3.65. The summed E-state index contributed by atoms with van der Waals surface area (Å²) >= 11 is 0. The number of hydrogen-bond acceptors (Lipinski definition) is 6. The molecule has 3 aromatic carbocycles. The third-order valence-corrected chi connectivity index (χ3v) is 5.48. The first-order chi connectivity index (χ1) is 17.0. The highest BCUT2D eigenvalue weighted by atomic mass is 16.5. The normalized spacial score (nSPS) is 12.3. The molecule has 0 radical (unpaired) electrons. The summed E-state index contributed by atoms with van der Waals surface area (Å²) in [7, 11) is 2.90. The highest BCUT2D eigenvalue weighted by molar-refractivity contribution is 6.00. The van der Waals surface area contributed by atoms with Crippen molar-refractivity contribution in [3.05, 3.63) is 95.6 Å². The zero-order chi connectivity index (χ0) is 25.0. The molecule has 0 saturated carbocycles. The Bertz CT molecular complexity index is 1110. The van der Waals surface area contributed by atoms with Crippen molar-refractivity contribution in [3.8, 4) is 5.75 Å². The zero-order valence-corrected chi connectivity index (χ0v) is 19.9. The summed E-state index contributed by atoms with van der Waals surface area (Å²) in [5, 5.41) is 19.7. The van der Waals surface area contributed by atoms with Gasteiger partial charge in [0.15, 0.2) is 0 Å². The van der Waals surface area contributed by atoms with Crippen LogP contribution in [0, 0.1) is 0 Å². The Morgan fingerprint density at radius 1 is 0.914 bits per heavy atom. The number of aliphatic hydroxyl groups is 1. The number of esters is 1. The SMILES string of the molecule is COC(=O)c1ccccc1NC(=O)N[C@@H](Cc1ccccc1)[C@H](O)CNCc1cccc(OC)c1. The smallest absolute Gasteiger partial charge is 0.339 e. The molecular weight excluding hydrogens is 446 g/mol. The van der Waals surface area contributed by atoms with Gasteiger partial charge in [0, 0.05) is 13.1 Å². The highest BCUT2D eigenvalue weighted by Crippen LogP contribution is 2.16. The molecule has 0 aliphatic rings. The number of amides is 2. The van der Waals surface area contributed by atoms with E-state index in [9.17, 15) is 14.7 Å². The molecular formula is C27H31N3O5. The molecule has 0 aromatic heterocycles. The molecule has 2 atom stereocenters. The van der Waals surface area contributed by atoms with E-state index in [4.69, 9.17) is 9.47 Å². The van der Waals surface area contributed by atoms with Gasteiger partial charge in [-0.2, -0.15) is 0 Å². The minimum Gasteiger partial charge on any atom is -0.497 e. The average Bonchev–Trinajstić information content (AvgIpc) is 2.88. The van der Waals surface area contributed by atoms with E-state index in [-0.39, 0.29) is 12.1 Å². The standard InChI is InChI=1S/C27H31N3O5/c1-34-21-12-8-11-20(15-21)17-28-18-25(31)24(16-19-9-4-3-5-10-19)30-27(33)29-23-14-7-6-13-22(23)26(32)35-2/h3-15,24-25,28,31H,16-18H2,1-2H3,(H2,29,30,33)/t24-,25+/m0/s1. The molecule has 0 fully saturated rings. The Morgan fingerprint density at radius 2 is 1.63 bits per heavy atom. The molecule has 0 saturated heterocycles. The summed E-state index contributed by atoms with van der Waals surface area (Å²) in [4.78, 5) is 24.8. The predicted octanol–water partition coefficient (Wildman–Crippen LogP) is 3.37. The van der Waals surface area contributed by atoms with Gasteiger partial charge in [-0.25, -0.2) is 9.59 Å². The minimum atomic E-state index is -0.873. The maximum atomic E-state index is 12.8. The number of ether oxygens (including phenoxy) is 2. The summed E-state index contributed by atoms with van der Waals surface area (Å²) in [6, 6.07) is 22.7. The second kappa shape index (κ2) is 13.1. The van der Waals surface area contributed by atoms with E-state index < -0.39 is 24.1 Å². The van der Waals surface area contributed by atoms with E-state index in [1.807, 2.05) is 54.6 Å². The number of para-hydroxylation sites is 1. The van der Waals surface area contributed by atoms with Crippen molar-refractivity contribution in [2.75, 3.05) is 26.1 Å². The molecule has 184 valence electrons. The number of hydrogen-bond donors (Lipinski definition) is 4. The van der Waals surface area contributed by atoms with Crippen LogP contribution >= 0.6 is 0 Å². The molecule has 2 amide bonds. The first-order valence-electron chi connectivity index (χ1n) is 11.3. The lowest BCUT2D eigenvalue weighted by atomic mass is 10.0. The average molecular weight is 478 g/mol. The summed E-state index contributed by atoms with van der Waals surface area (Å²) in [5.74, 6) is 0.209. The fourth-order valence-electron chi connectivity index (χ4n) is 3.65. The van der Waals surface area contributed by atoms with Gasteiger partial charge in [-0.1, -0.05) is 54.6 Å². The second-order valence-corrected chi connectivity index (χ2v) is 7.98. The van der Waals surface area contributed by atoms with Gasteiger partial charge in [0.1, 0.15) is 5.75 Å². The molecule has 3 aromatic rings. The first-order valence-corrected chi connectivity index (χ1v) is 11.3. The van der Waals surface area contributed by atoms with Gasteiger partial charge in [-0.15, -0.1) is 0 Å². The number of rotatable bonds is 11. The molecule has 0 aliphatic carbocycles. The third kappa shape index (κ3) is 7.84. The predicted molar refractivity (Wildman–Crippen MR) is 135 cm³/mol. The van der Waals surface area contributed by atoms with Crippen LogP contribution in [0.5, 0.6) is 5.75 Å². The van der Waals surface area contributed by atoms with Crippen molar-refractivity contribution in [3.63, 3.8) is 0 Å². The summed E-state index contributed by atoms with van der Waals surface area (Å²) in [5.41, 5.74) is 2.55. The number of carbonyl (C=O) groups is 2. The molecule has 8 heteroatoms.